The highest BCUT2D eigenvalue weighted by molar-refractivity contribution is 5.77. The molecule has 5 heteroatoms. The van der Waals surface area contributed by atoms with Gasteiger partial charge in [0.2, 0.25) is 0 Å². The highest BCUT2D eigenvalue weighted by atomic mass is 16.5. The van der Waals surface area contributed by atoms with Gasteiger partial charge in [0, 0.05) is 13.1 Å². The number of rotatable bonds is 2. The summed E-state index contributed by atoms with van der Waals surface area (Å²) in [5.74, 6) is 0.719. The molecular formula is C21H21N3O2. The van der Waals surface area contributed by atoms with Crippen LogP contribution in [0.4, 0.5) is 0 Å². The lowest BCUT2D eigenvalue weighted by molar-refractivity contribution is -0.0319. The molecule has 2 aliphatic rings. The number of ether oxygens (including phenoxy) is 1. The van der Waals surface area contributed by atoms with E-state index in [4.69, 9.17) is 9.72 Å². The number of aromatic amines is 1. The number of H-pyrrole nitrogens is 1. The lowest BCUT2D eigenvalue weighted by Gasteiger charge is -2.27. The number of nitrogens with zero attached hydrogens (tertiary/aromatic N) is 2. The fraction of sp³-hybridized carbons (Fsp3) is 0.333. The van der Waals surface area contributed by atoms with E-state index >= 15 is 0 Å². The number of benzene rings is 2. The Labute approximate surface area is 151 Å². The molecule has 1 N–H and O–H groups in total. The molecule has 2 atom stereocenters. The smallest absolute Gasteiger partial charge is 0.258 e. The minimum Gasteiger partial charge on any atom is -0.364 e. The van der Waals surface area contributed by atoms with Crippen molar-refractivity contribution >= 4 is 10.9 Å². The Morgan fingerprint density at radius 1 is 1.19 bits per heavy atom. The van der Waals surface area contributed by atoms with Crippen LogP contribution in [0.1, 0.15) is 36.3 Å². The van der Waals surface area contributed by atoms with Crippen LogP contribution < -0.4 is 5.56 Å². The van der Waals surface area contributed by atoms with E-state index in [1.54, 1.807) is 0 Å². The van der Waals surface area contributed by atoms with Crippen LogP contribution in [0.25, 0.3) is 10.9 Å². The van der Waals surface area contributed by atoms with Crippen LogP contribution in [0.2, 0.25) is 0 Å². The van der Waals surface area contributed by atoms with Gasteiger partial charge in [0.25, 0.3) is 5.56 Å². The van der Waals surface area contributed by atoms with Gasteiger partial charge in [-0.3, -0.25) is 9.69 Å². The van der Waals surface area contributed by atoms with Crippen molar-refractivity contribution in [1.29, 1.82) is 0 Å². The Kier molecular flexibility index (Phi) is 3.48. The molecule has 0 saturated carbocycles. The molecule has 1 saturated heterocycles. The highest BCUT2D eigenvalue weighted by Gasteiger charge is 2.46. The van der Waals surface area contributed by atoms with Crippen LogP contribution in [0.5, 0.6) is 0 Å². The molecule has 2 aromatic carbocycles. The van der Waals surface area contributed by atoms with Crippen LogP contribution in [-0.4, -0.2) is 28.0 Å². The summed E-state index contributed by atoms with van der Waals surface area (Å²) in [5.41, 5.74) is 3.05. The number of hydrogen-bond donors (Lipinski definition) is 1. The van der Waals surface area contributed by atoms with Crippen LogP contribution in [0.3, 0.4) is 0 Å². The minimum atomic E-state index is -0.220. The molecule has 1 spiro atoms. The maximum absolute atomic E-state index is 12.4. The first-order valence-electron chi connectivity index (χ1n) is 9.12. The zero-order valence-corrected chi connectivity index (χ0v) is 14.7. The van der Waals surface area contributed by atoms with Crippen LogP contribution in [0, 0.1) is 0 Å². The maximum atomic E-state index is 12.4. The molecular weight excluding hydrogens is 326 g/mol. The van der Waals surface area contributed by atoms with E-state index in [0.29, 0.717) is 12.0 Å². The molecule has 2 unspecified atom stereocenters. The summed E-state index contributed by atoms with van der Waals surface area (Å²) in [7, 11) is 0. The fourth-order valence-corrected chi connectivity index (χ4v) is 4.34. The third-order valence-corrected chi connectivity index (χ3v) is 5.85. The van der Waals surface area contributed by atoms with E-state index in [1.807, 2.05) is 24.3 Å². The topological polar surface area (TPSA) is 58.2 Å². The highest BCUT2D eigenvalue weighted by Crippen LogP contribution is 2.44. The Hall–Kier alpha value is -2.50. The average Bonchev–Trinajstić information content (AvgIpc) is 3.27. The monoisotopic (exact) mass is 347 g/mol. The van der Waals surface area contributed by atoms with Crippen molar-refractivity contribution in [3.05, 3.63) is 75.8 Å². The molecule has 0 bridgehead atoms. The van der Waals surface area contributed by atoms with Crippen molar-refractivity contribution in [2.45, 2.75) is 31.6 Å². The van der Waals surface area contributed by atoms with Crippen LogP contribution >= 0.6 is 0 Å². The van der Waals surface area contributed by atoms with E-state index in [9.17, 15) is 4.79 Å². The third kappa shape index (κ3) is 2.31. The number of aromatic nitrogens is 2. The van der Waals surface area contributed by atoms with Gasteiger partial charge in [0.05, 0.1) is 23.6 Å². The zero-order chi connectivity index (χ0) is 17.7. The van der Waals surface area contributed by atoms with Gasteiger partial charge in [-0.15, -0.1) is 0 Å². The second kappa shape index (κ2) is 5.76. The molecule has 1 fully saturated rings. The molecule has 132 valence electrons. The number of hydrogen-bond acceptors (Lipinski definition) is 4. The SMILES string of the molecule is CC(c1nc2ccccc2c(=O)[nH]1)N1CCC2(C1)OCc1ccccc12. The third-order valence-electron chi connectivity index (χ3n) is 5.85. The first kappa shape index (κ1) is 15.7. The molecule has 5 rings (SSSR count). The summed E-state index contributed by atoms with van der Waals surface area (Å²) in [4.78, 5) is 22.4. The number of fused-ring (bicyclic) bond motifs is 3. The predicted octanol–water partition coefficient (Wildman–Crippen LogP) is 3.12. The van der Waals surface area contributed by atoms with Crippen molar-refractivity contribution in [3.8, 4) is 0 Å². The number of nitrogens with one attached hydrogen (secondary N) is 1. The molecule has 0 amide bonds. The van der Waals surface area contributed by atoms with Crippen molar-refractivity contribution in [1.82, 2.24) is 14.9 Å². The lowest BCUT2D eigenvalue weighted by atomic mass is 9.92. The summed E-state index contributed by atoms with van der Waals surface area (Å²) < 4.78 is 6.25. The molecule has 1 aromatic heterocycles. The standard InChI is InChI=1S/C21H21N3O2/c1-14(19-22-18-9-5-3-7-16(18)20(25)23-19)24-11-10-21(13-24)17-8-4-2-6-15(17)12-26-21/h2-9,14H,10-13H2,1H3,(H,22,23,25). The van der Waals surface area contributed by atoms with Gasteiger partial charge < -0.3 is 9.72 Å². The molecule has 2 aliphatic heterocycles. The van der Waals surface area contributed by atoms with Gasteiger partial charge >= 0.3 is 0 Å². The van der Waals surface area contributed by atoms with E-state index in [0.717, 1.165) is 30.9 Å². The summed E-state index contributed by atoms with van der Waals surface area (Å²) in [6, 6.07) is 16.0. The summed E-state index contributed by atoms with van der Waals surface area (Å²) in [5, 5.41) is 0.634. The molecule has 0 radical (unpaired) electrons. The van der Waals surface area contributed by atoms with Crippen molar-refractivity contribution in [2.24, 2.45) is 0 Å². The van der Waals surface area contributed by atoms with E-state index in [1.165, 1.54) is 11.1 Å². The predicted molar refractivity (Wildman–Crippen MR) is 99.9 cm³/mol. The average molecular weight is 347 g/mol. The first-order chi connectivity index (χ1) is 12.7. The lowest BCUT2D eigenvalue weighted by Crippen LogP contribution is -2.33. The van der Waals surface area contributed by atoms with Gasteiger partial charge in [-0.25, -0.2) is 4.98 Å². The van der Waals surface area contributed by atoms with Crippen molar-refractivity contribution in [3.63, 3.8) is 0 Å². The zero-order valence-electron chi connectivity index (χ0n) is 14.7. The van der Waals surface area contributed by atoms with Crippen LogP contribution in [0.15, 0.2) is 53.3 Å². The van der Waals surface area contributed by atoms with Gasteiger partial charge in [0.1, 0.15) is 11.4 Å². The first-order valence-corrected chi connectivity index (χ1v) is 9.12. The molecule has 5 nitrogen and oxygen atoms in total. The quantitative estimate of drug-likeness (QED) is 0.774. The maximum Gasteiger partial charge on any atom is 0.258 e. The summed E-state index contributed by atoms with van der Waals surface area (Å²) in [6.45, 7) is 4.53. The largest absolute Gasteiger partial charge is 0.364 e. The van der Waals surface area contributed by atoms with Gasteiger partial charge in [-0.1, -0.05) is 36.4 Å². The minimum absolute atomic E-state index is 0.0306. The Bertz CT molecular complexity index is 1040. The van der Waals surface area contributed by atoms with E-state index in [2.05, 4.69) is 41.1 Å². The fourth-order valence-electron chi connectivity index (χ4n) is 4.34. The van der Waals surface area contributed by atoms with Gasteiger partial charge in [-0.05, 0) is 36.6 Å². The van der Waals surface area contributed by atoms with Crippen LogP contribution in [-0.2, 0) is 16.9 Å². The Morgan fingerprint density at radius 3 is 2.92 bits per heavy atom. The van der Waals surface area contributed by atoms with Gasteiger partial charge in [-0.2, -0.15) is 0 Å². The Balaban J connectivity index is 1.46. The van der Waals surface area contributed by atoms with Crippen molar-refractivity contribution < 1.29 is 4.74 Å². The van der Waals surface area contributed by atoms with Crippen molar-refractivity contribution in [2.75, 3.05) is 13.1 Å². The second-order valence-corrected chi connectivity index (χ2v) is 7.30. The summed E-state index contributed by atoms with van der Waals surface area (Å²) >= 11 is 0. The Morgan fingerprint density at radius 2 is 2.00 bits per heavy atom. The molecule has 3 aromatic rings. The summed E-state index contributed by atoms with van der Waals surface area (Å²) in [6.07, 6.45) is 0.964. The molecule has 3 heterocycles. The number of para-hydroxylation sites is 1. The molecule has 26 heavy (non-hydrogen) atoms. The van der Waals surface area contributed by atoms with E-state index < -0.39 is 0 Å². The molecule has 0 aliphatic carbocycles. The van der Waals surface area contributed by atoms with E-state index in [-0.39, 0.29) is 17.2 Å². The van der Waals surface area contributed by atoms with Gasteiger partial charge in [0.15, 0.2) is 0 Å². The second-order valence-electron chi connectivity index (χ2n) is 7.30. The number of likely N-dealkylation sites (tertiary alicyclic amines) is 1. The normalized spacial score (nSPS) is 23.6.